The zero-order chi connectivity index (χ0) is 27.4. The van der Waals surface area contributed by atoms with Crippen molar-refractivity contribution >= 4 is 29.7 Å². The van der Waals surface area contributed by atoms with E-state index in [-0.39, 0.29) is 30.2 Å². The number of β-amino-alcohol motifs (C(OH)–C–C–N with tert-alkyl or cyclic N) is 1. The Balaban J connectivity index is 1.97. The van der Waals surface area contributed by atoms with Gasteiger partial charge >= 0.3 is 12.4 Å². The van der Waals surface area contributed by atoms with Crippen molar-refractivity contribution in [3.8, 4) is 0 Å². The fourth-order valence-electron chi connectivity index (χ4n) is 3.85. The molecule has 0 radical (unpaired) electrons. The van der Waals surface area contributed by atoms with E-state index in [2.05, 4.69) is 0 Å². The molecule has 6 nitrogen and oxygen atoms in total. The molecule has 1 heterocycles. The number of hydrogen-bond acceptors (Lipinski definition) is 5. The van der Waals surface area contributed by atoms with Crippen molar-refractivity contribution in [2.45, 2.75) is 22.1 Å². The molecule has 0 bridgehead atoms. The average Bonchev–Trinajstić information content (AvgIpc) is 2.82. The Labute approximate surface area is 212 Å². The summed E-state index contributed by atoms with van der Waals surface area (Å²) in [6.07, 6.45) is -9.18. The number of halogens is 6. The van der Waals surface area contributed by atoms with Gasteiger partial charge in [0.2, 0.25) is 11.8 Å². The summed E-state index contributed by atoms with van der Waals surface area (Å²) in [5.74, 6) is -1.47. The number of benzene rings is 2. The molecule has 1 fully saturated rings. The molecule has 1 saturated heterocycles. The minimum Gasteiger partial charge on any atom is -0.395 e. The predicted molar refractivity (Wildman–Crippen MR) is 125 cm³/mol. The molecule has 1 aliphatic heterocycles. The Morgan fingerprint density at radius 1 is 0.973 bits per heavy atom. The van der Waals surface area contributed by atoms with E-state index in [0.29, 0.717) is 31.4 Å². The van der Waals surface area contributed by atoms with E-state index >= 15 is 0 Å². The SMILES string of the molecule is NC(=O)c1cccc(Sc2ccc(C=CC(=O)N3CCN(CCO)CC3)c(C(F)(F)F)c2C(F)(F)F)c1. The highest BCUT2D eigenvalue weighted by Crippen LogP contribution is 2.48. The first-order valence-electron chi connectivity index (χ1n) is 11.0. The number of carbonyl (C=O) groups is 2. The third-order valence-electron chi connectivity index (χ3n) is 5.62. The number of rotatable bonds is 7. The van der Waals surface area contributed by atoms with Gasteiger partial charge in [-0.1, -0.05) is 23.9 Å². The van der Waals surface area contributed by atoms with E-state index in [9.17, 15) is 35.9 Å². The minimum absolute atomic E-state index is 0.00939. The van der Waals surface area contributed by atoms with Crippen LogP contribution in [0.15, 0.2) is 52.3 Å². The monoisotopic (exact) mass is 547 g/mol. The standard InChI is InChI=1S/C24H23F6N3O3S/c25-23(26,27)20-15(5-7-19(35)33-10-8-32(9-11-33)12-13-34)4-6-18(21(20)24(28,29)30)37-17-3-1-2-16(14-17)22(31)36/h1-7,14,34H,8-13H2,(H2,31,36). The summed E-state index contributed by atoms with van der Waals surface area (Å²) >= 11 is 0.413. The number of nitrogens with two attached hydrogens (primary N) is 1. The first-order chi connectivity index (χ1) is 17.3. The second kappa shape index (κ2) is 11.6. The van der Waals surface area contributed by atoms with Gasteiger partial charge in [0, 0.05) is 54.2 Å². The molecule has 200 valence electrons. The van der Waals surface area contributed by atoms with Crippen LogP contribution in [0, 0.1) is 0 Å². The van der Waals surface area contributed by atoms with Gasteiger partial charge < -0.3 is 15.7 Å². The molecule has 13 heteroatoms. The Kier molecular flexibility index (Phi) is 8.92. The predicted octanol–water partition coefficient (Wildman–Crippen LogP) is 4.12. The lowest BCUT2D eigenvalue weighted by Gasteiger charge is -2.33. The Bertz CT molecular complexity index is 1180. The molecule has 0 aliphatic carbocycles. The van der Waals surface area contributed by atoms with Crippen molar-refractivity contribution in [1.29, 1.82) is 0 Å². The van der Waals surface area contributed by atoms with Crippen LogP contribution in [0.1, 0.15) is 27.0 Å². The molecular weight excluding hydrogens is 524 g/mol. The van der Waals surface area contributed by atoms with Crippen LogP contribution in [0.4, 0.5) is 26.3 Å². The summed E-state index contributed by atoms with van der Waals surface area (Å²) in [5, 5.41) is 8.99. The lowest BCUT2D eigenvalue weighted by molar-refractivity contribution is -0.163. The fraction of sp³-hybridized carbons (Fsp3) is 0.333. The van der Waals surface area contributed by atoms with Gasteiger partial charge in [0.25, 0.3) is 0 Å². The Morgan fingerprint density at radius 3 is 2.19 bits per heavy atom. The first kappa shape index (κ1) is 28.5. The van der Waals surface area contributed by atoms with Gasteiger partial charge in [0.1, 0.15) is 0 Å². The largest absolute Gasteiger partial charge is 0.418 e. The maximum Gasteiger partial charge on any atom is 0.418 e. The number of nitrogens with zero attached hydrogens (tertiary/aromatic N) is 2. The van der Waals surface area contributed by atoms with Gasteiger partial charge in [-0.05, 0) is 35.9 Å². The van der Waals surface area contributed by atoms with Crippen LogP contribution in [0.5, 0.6) is 0 Å². The van der Waals surface area contributed by atoms with Gasteiger partial charge in [0.05, 0.1) is 17.7 Å². The summed E-state index contributed by atoms with van der Waals surface area (Å²) in [6, 6.07) is 6.99. The van der Waals surface area contributed by atoms with Crippen LogP contribution < -0.4 is 5.73 Å². The molecule has 3 N–H and O–H groups in total. The number of aliphatic hydroxyl groups excluding tert-OH is 1. The molecule has 1 aliphatic rings. The molecule has 2 aromatic rings. The van der Waals surface area contributed by atoms with E-state index in [4.69, 9.17) is 10.8 Å². The fourth-order valence-corrected chi connectivity index (χ4v) is 4.89. The second-order valence-electron chi connectivity index (χ2n) is 8.12. The third-order valence-corrected chi connectivity index (χ3v) is 6.67. The van der Waals surface area contributed by atoms with Crippen LogP contribution in [0.3, 0.4) is 0 Å². The molecule has 37 heavy (non-hydrogen) atoms. The zero-order valence-electron chi connectivity index (χ0n) is 19.3. The van der Waals surface area contributed by atoms with Crippen molar-refractivity contribution < 1.29 is 41.0 Å². The summed E-state index contributed by atoms with van der Waals surface area (Å²) in [7, 11) is 0. The lowest BCUT2D eigenvalue weighted by atomic mass is 9.99. The number of alkyl halides is 6. The van der Waals surface area contributed by atoms with E-state index < -0.39 is 45.8 Å². The van der Waals surface area contributed by atoms with Crippen molar-refractivity contribution in [3.05, 3.63) is 64.7 Å². The van der Waals surface area contributed by atoms with Gasteiger partial charge in [0.15, 0.2) is 0 Å². The van der Waals surface area contributed by atoms with Crippen molar-refractivity contribution in [2.75, 3.05) is 39.3 Å². The highest BCUT2D eigenvalue weighted by atomic mass is 32.2. The summed E-state index contributed by atoms with van der Waals surface area (Å²) in [4.78, 5) is 26.5. The second-order valence-corrected chi connectivity index (χ2v) is 9.23. The van der Waals surface area contributed by atoms with Crippen LogP contribution in [0.2, 0.25) is 0 Å². The quantitative estimate of drug-likeness (QED) is 0.402. The van der Waals surface area contributed by atoms with Crippen LogP contribution in [-0.4, -0.2) is 66.1 Å². The van der Waals surface area contributed by atoms with Crippen molar-refractivity contribution in [1.82, 2.24) is 9.80 Å². The van der Waals surface area contributed by atoms with Crippen molar-refractivity contribution in [2.24, 2.45) is 5.73 Å². The Morgan fingerprint density at radius 2 is 1.62 bits per heavy atom. The number of amides is 2. The number of primary amides is 1. The number of piperazine rings is 1. The van der Waals surface area contributed by atoms with Crippen LogP contribution in [-0.2, 0) is 17.1 Å². The maximum atomic E-state index is 14.0. The molecule has 0 atom stereocenters. The molecule has 2 aromatic carbocycles. The highest BCUT2D eigenvalue weighted by molar-refractivity contribution is 7.99. The summed E-state index contributed by atoms with van der Waals surface area (Å²) < 4.78 is 84.0. The molecular formula is C24H23F6N3O3S. The van der Waals surface area contributed by atoms with Crippen molar-refractivity contribution in [3.63, 3.8) is 0 Å². The summed E-state index contributed by atoms with van der Waals surface area (Å²) in [6.45, 7) is 1.81. The van der Waals surface area contributed by atoms with Crippen LogP contribution in [0.25, 0.3) is 6.08 Å². The number of carbonyl (C=O) groups excluding carboxylic acids is 2. The number of hydrogen-bond donors (Lipinski definition) is 2. The molecule has 2 amide bonds. The molecule has 0 unspecified atom stereocenters. The van der Waals surface area contributed by atoms with Gasteiger partial charge in [-0.15, -0.1) is 0 Å². The first-order valence-corrected chi connectivity index (χ1v) is 11.8. The van der Waals surface area contributed by atoms with Gasteiger partial charge in [-0.3, -0.25) is 14.5 Å². The van der Waals surface area contributed by atoms with Gasteiger partial charge in [-0.25, -0.2) is 0 Å². The molecule has 3 rings (SSSR count). The van der Waals surface area contributed by atoms with E-state index in [1.165, 1.54) is 29.2 Å². The van der Waals surface area contributed by atoms with Crippen LogP contribution >= 0.6 is 11.8 Å². The normalized spacial score (nSPS) is 15.4. The summed E-state index contributed by atoms with van der Waals surface area (Å²) in [5.41, 5.74) is 0.571. The number of aliphatic hydroxyl groups is 1. The zero-order valence-corrected chi connectivity index (χ0v) is 20.1. The molecule has 0 aromatic heterocycles. The van der Waals surface area contributed by atoms with E-state index in [0.717, 1.165) is 24.3 Å². The smallest absolute Gasteiger partial charge is 0.395 e. The topological polar surface area (TPSA) is 86.9 Å². The lowest BCUT2D eigenvalue weighted by Crippen LogP contribution is -2.48. The van der Waals surface area contributed by atoms with E-state index in [1.54, 1.807) is 0 Å². The van der Waals surface area contributed by atoms with E-state index in [1.807, 2.05) is 4.90 Å². The maximum absolute atomic E-state index is 14.0. The van der Waals surface area contributed by atoms with Gasteiger partial charge in [-0.2, -0.15) is 26.3 Å². The third kappa shape index (κ3) is 7.27. The Hall–Kier alpha value is -3.03. The minimum atomic E-state index is -5.38. The molecule has 0 saturated carbocycles. The molecule has 0 spiro atoms. The highest BCUT2D eigenvalue weighted by Gasteiger charge is 2.46. The average molecular weight is 548 g/mol.